The summed E-state index contributed by atoms with van der Waals surface area (Å²) in [5.74, 6) is 0.0747. The summed E-state index contributed by atoms with van der Waals surface area (Å²) >= 11 is 1.48. The predicted molar refractivity (Wildman–Crippen MR) is 93.2 cm³/mol. The number of nitrogens with zero attached hydrogens (tertiary/aromatic N) is 5. The summed E-state index contributed by atoms with van der Waals surface area (Å²) in [5, 5.41) is 6.78. The number of aromatic nitrogens is 3. The van der Waals surface area contributed by atoms with Crippen molar-refractivity contribution in [2.75, 3.05) is 38.2 Å². The Labute approximate surface area is 145 Å². The number of hydrogen-bond donors (Lipinski definition) is 0. The van der Waals surface area contributed by atoms with E-state index in [4.69, 9.17) is 4.74 Å². The SMILES string of the molecule is CN1CCO[C@H](CN(C(=O)CCc2cnn(C)c2)c2nccs2)C1. The largest absolute Gasteiger partial charge is 0.374 e. The van der Waals surface area contributed by atoms with Gasteiger partial charge in [0, 0.05) is 44.3 Å². The van der Waals surface area contributed by atoms with Crippen LogP contribution >= 0.6 is 11.3 Å². The van der Waals surface area contributed by atoms with Gasteiger partial charge in [0.25, 0.3) is 0 Å². The van der Waals surface area contributed by atoms with Gasteiger partial charge in [-0.1, -0.05) is 0 Å². The molecule has 1 fully saturated rings. The fourth-order valence-corrected chi connectivity index (χ4v) is 3.47. The van der Waals surface area contributed by atoms with E-state index in [9.17, 15) is 4.79 Å². The molecule has 1 atom stereocenters. The number of rotatable bonds is 6. The van der Waals surface area contributed by atoms with E-state index >= 15 is 0 Å². The zero-order valence-electron chi connectivity index (χ0n) is 14.1. The minimum atomic E-state index is 0.0231. The molecule has 0 saturated carbocycles. The lowest BCUT2D eigenvalue weighted by molar-refractivity contribution is -0.119. The number of anilines is 1. The Balaban J connectivity index is 1.64. The molecule has 0 aliphatic carbocycles. The van der Waals surface area contributed by atoms with Crippen LogP contribution in [0.15, 0.2) is 24.0 Å². The Morgan fingerprint density at radius 1 is 1.50 bits per heavy atom. The van der Waals surface area contributed by atoms with Crippen LogP contribution in [0.1, 0.15) is 12.0 Å². The van der Waals surface area contributed by atoms with Gasteiger partial charge < -0.3 is 9.64 Å². The lowest BCUT2D eigenvalue weighted by atomic mass is 10.2. The minimum absolute atomic E-state index is 0.0231. The zero-order valence-corrected chi connectivity index (χ0v) is 14.9. The van der Waals surface area contributed by atoms with E-state index in [0.29, 0.717) is 26.0 Å². The Bertz CT molecular complexity index is 657. The van der Waals surface area contributed by atoms with E-state index < -0.39 is 0 Å². The summed E-state index contributed by atoms with van der Waals surface area (Å²) in [4.78, 5) is 21.1. The number of morpholine rings is 1. The normalized spacial score (nSPS) is 18.7. The van der Waals surface area contributed by atoms with Gasteiger partial charge in [-0.3, -0.25) is 14.4 Å². The standard InChI is InChI=1S/C16H23N5O2S/c1-19-6-7-23-14(11-19)12-21(16-17-5-8-24-16)15(22)4-3-13-9-18-20(2)10-13/h5,8-10,14H,3-4,6-7,11-12H2,1-2H3/t14-/m0/s1. The second-order valence-corrected chi connectivity index (χ2v) is 6.97. The fraction of sp³-hybridized carbons (Fsp3) is 0.562. The molecule has 1 aliphatic rings. The predicted octanol–water partition coefficient (Wildman–Crippen LogP) is 1.17. The molecule has 0 radical (unpaired) electrons. The molecule has 0 N–H and O–H groups in total. The first-order valence-corrected chi connectivity index (χ1v) is 8.97. The third-order valence-corrected chi connectivity index (χ3v) is 4.86. The first-order chi connectivity index (χ1) is 11.6. The summed E-state index contributed by atoms with van der Waals surface area (Å²) in [6.07, 6.45) is 6.62. The Kier molecular flexibility index (Phi) is 5.60. The van der Waals surface area contributed by atoms with Gasteiger partial charge in [-0.15, -0.1) is 11.3 Å². The van der Waals surface area contributed by atoms with Gasteiger partial charge in [-0.05, 0) is 19.0 Å². The van der Waals surface area contributed by atoms with E-state index in [1.165, 1.54) is 11.3 Å². The van der Waals surface area contributed by atoms with E-state index in [1.807, 2.05) is 18.6 Å². The molecule has 3 heterocycles. The Morgan fingerprint density at radius 2 is 2.38 bits per heavy atom. The van der Waals surface area contributed by atoms with Crippen molar-refractivity contribution in [3.05, 3.63) is 29.5 Å². The van der Waals surface area contributed by atoms with Crippen LogP contribution in [0.3, 0.4) is 0 Å². The van der Waals surface area contributed by atoms with Crippen molar-refractivity contribution < 1.29 is 9.53 Å². The van der Waals surface area contributed by atoms with Crippen molar-refractivity contribution in [2.45, 2.75) is 18.9 Å². The molecular weight excluding hydrogens is 326 g/mol. The van der Waals surface area contributed by atoms with Gasteiger partial charge >= 0.3 is 0 Å². The number of carbonyl (C=O) groups is 1. The zero-order chi connectivity index (χ0) is 16.9. The summed E-state index contributed by atoms with van der Waals surface area (Å²) in [6.45, 7) is 3.01. The number of thiazole rings is 1. The number of carbonyl (C=O) groups excluding carboxylic acids is 1. The molecule has 2 aromatic rings. The average Bonchev–Trinajstić information content (AvgIpc) is 3.22. The highest BCUT2D eigenvalue weighted by molar-refractivity contribution is 7.13. The highest BCUT2D eigenvalue weighted by Crippen LogP contribution is 2.20. The molecule has 2 aromatic heterocycles. The molecule has 7 nitrogen and oxygen atoms in total. The van der Waals surface area contributed by atoms with Crippen LogP contribution in [0.25, 0.3) is 0 Å². The second-order valence-electron chi connectivity index (χ2n) is 6.10. The third-order valence-electron chi connectivity index (χ3n) is 4.07. The van der Waals surface area contributed by atoms with Gasteiger partial charge in [0.1, 0.15) is 0 Å². The van der Waals surface area contributed by atoms with Crippen molar-refractivity contribution >= 4 is 22.4 Å². The van der Waals surface area contributed by atoms with Crippen molar-refractivity contribution in [3.63, 3.8) is 0 Å². The highest BCUT2D eigenvalue weighted by Gasteiger charge is 2.25. The van der Waals surface area contributed by atoms with Crippen LogP contribution in [-0.2, 0) is 23.0 Å². The summed E-state index contributed by atoms with van der Waals surface area (Å²) in [7, 11) is 3.96. The molecule has 1 saturated heterocycles. The Hall–Kier alpha value is -1.77. The fourth-order valence-electron chi connectivity index (χ4n) is 2.80. The minimum Gasteiger partial charge on any atom is -0.374 e. The molecule has 0 bridgehead atoms. The van der Waals surface area contributed by atoms with Crippen LogP contribution in [-0.4, -0.2) is 65.0 Å². The number of aryl methyl sites for hydroxylation is 2. The molecule has 1 aliphatic heterocycles. The van der Waals surface area contributed by atoms with Gasteiger partial charge in [0.05, 0.1) is 25.5 Å². The molecule has 130 valence electrons. The average molecular weight is 349 g/mol. The Morgan fingerprint density at radius 3 is 3.04 bits per heavy atom. The number of likely N-dealkylation sites (N-methyl/N-ethyl adjacent to an activating group) is 1. The lowest BCUT2D eigenvalue weighted by Gasteiger charge is -2.33. The molecule has 1 amide bonds. The smallest absolute Gasteiger partial charge is 0.229 e. The maximum atomic E-state index is 12.8. The van der Waals surface area contributed by atoms with Gasteiger partial charge in [-0.25, -0.2) is 4.98 Å². The first-order valence-electron chi connectivity index (χ1n) is 8.09. The third kappa shape index (κ3) is 4.40. The van der Waals surface area contributed by atoms with Crippen molar-refractivity contribution in [1.29, 1.82) is 0 Å². The lowest BCUT2D eigenvalue weighted by Crippen LogP contribution is -2.47. The number of ether oxygens (including phenoxy) is 1. The number of hydrogen-bond acceptors (Lipinski definition) is 6. The van der Waals surface area contributed by atoms with E-state index in [-0.39, 0.29) is 12.0 Å². The molecular formula is C16H23N5O2S. The summed E-state index contributed by atoms with van der Waals surface area (Å²) in [6, 6.07) is 0. The van der Waals surface area contributed by atoms with Gasteiger partial charge in [0.15, 0.2) is 5.13 Å². The molecule has 0 aromatic carbocycles. The van der Waals surface area contributed by atoms with E-state index in [0.717, 1.165) is 23.8 Å². The van der Waals surface area contributed by atoms with Crippen LogP contribution in [0.2, 0.25) is 0 Å². The highest BCUT2D eigenvalue weighted by atomic mass is 32.1. The van der Waals surface area contributed by atoms with E-state index in [1.54, 1.807) is 22.0 Å². The van der Waals surface area contributed by atoms with Crippen LogP contribution < -0.4 is 4.90 Å². The topological polar surface area (TPSA) is 63.5 Å². The van der Waals surface area contributed by atoms with Gasteiger partial charge in [-0.2, -0.15) is 5.10 Å². The van der Waals surface area contributed by atoms with Crippen LogP contribution in [0.5, 0.6) is 0 Å². The summed E-state index contributed by atoms with van der Waals surface area (Å²) < 4.78 is 7.58. The molecule has 0 spiro atoms. The molecule has 24 heavy (non-hydrogen) atoms. The van der Waals surface area contributed by atoms with Crippen LogP contribution in [0.4, 0.5) is 5.13 Å². The quantitative estimate of drug-likeness (QED) is 0.783. The molecule has 0 unspecified atom stereocenters. The van der Waals surface area contributed by atoms with Crippen molar-refractivity contribution in [1.82, 2.24) is 19.7 Å². The molecule has 3 rings (SSSR count). The van der Waals surface area contributed by atoms with E-state index in [2.05, 4.69) is 22.0 Å². The monoisotopic (exact) mass is 349 g/mol. The van der Waals surface area contributed by atoms with Crippen LogP contribution in [0, 0.1) is 0 Å². The first kappa shape index (κ1) is 17.1. The second kappa shape index (κ2) is 7.87. The maximum Gasteiger partial charge on any atom is 0.229 e. The number of amides is 1. The summed E-state index contributed by atoms with van der Waals surface area (Å²) in [5.41, 5.74) is 1.07. The maximum absolute atomic E-state index is 12.8. The van der Waals surface area contributed by atoms with Crippen molar-refractivity contribution in [2.24, 2.45) is 7.05 Å². The molecule has 8 heteroatoms. The van der Waals surface area contributed by atoms with Crippen molar-refractivity contribution in [3.8, 4) is 0 Å². The van der Waals surface area contributed by atoms with Gasteiger partial charge in [0.2, 0.25) is 5.91 Å².